The normalized spacial score (nSPS) is 16.8. The minimum atomic E-state index is 0.0674. The van der Waals surface area contributed by atoms with Gasteiger partial charge < -0.3 is 5.73 Å². The van der Waals surface area contributed by atoms with Gasteiger partial charge in [-0.15, -0.1) is 0 Å². The second kappa shape index (κ2) is 5.46. The lowest BCUT2D eigenvalue weighted by atomic mass is 9.99. The van der Waals surface area contributed by atoms with E-state index in [9.17, 15) is 4.79 Å². The molecule has 1 aliphatic rings. The topological polar surface area (TPSA) is 43.1 Å². The Morgan fingerprint density at radius 1 is 1.35 bits per heavy atom. The van der Waals surface area contributed by atoms with Gasteiger partial charge in [0.2, 0.25) is 0 Å². The molecule has 0 radical (unpaired) electrons. The van der Waals surface area contributed by atoms with Gasteiger partial charge in [-0.25, -0.2) is 0 Å². The quantitative estimate of drug-likeness (QED) is 0.765. The molecule has 0 bridgehead atoms. The van der Waals surface area contributed by atoms with Crippen molar-refractivity contribution in [1.29, 1.82) is 0 Å². The van der Waals surface area contributed by atoms with Gasteiger partial charge in [0.05, 0.1) is 0 Å². The van der Waals surface area contributed by atoms with Crippen molar-refractivity contribution in [3.05, 3.63) is 35.4 Å². The highest BCUT2D eigenvalue weighted by molar-refractivity contribution is 5.96. The average molecular weight is 231 g/mol. The molecule has 17 heavy (non-hydrogen) atoms. The highest BCUT2D eigenvalue weighted by Crippen LogP contribution is 2.33. The molecule has 2 rings (SSSR count). The number of hydrogen-bond donors (Lipinski definition) is 1. The number of ketones is 1. The van der Waals surface area contributed by atoms with Crippen molar-refractivity contribution in [1.82, 2.24) is 0 Å². The monoisotopic (exact) mass is 231 g/mol. The second-order valence-electron chi connectivity index (χ2n) is 5.08. The van der Waals surface area contributed by atoms with E-state index in [1.54, 1.807) is 0 Å². The number of carbonyl (C=O) groups is 1. The molecule has 0 spiro atoms. The molecule has 92 valence electrons. The van der Waals surface area contributed by atoms with Crippen LogP contribution in [-0.2, 0) is 6.42 Å². The molecule has 1 fully saturated rings. The number of nitrogens with two attached hydrogens (primary N) is 1. The van der Waals surface area contributed by atoms with Crippen LogP contribution in [0, 0.1) is 5.92 Å². The molecule has 0 aliphatic heterocycles. The molecular weight excluding hydrogens is 210 g/mol. The van der Waals surface area contributed by atoms with Crippen molar-refractivity contribution in [2.24, 2.45) is 11.7 Å². The van der Waals surface area contributed by atoms with Gasteiger partial charge in [-0.05, 0) is 30.7 Å². The van der Waals surface area contributed by atoms with E-state index in [2.05, 4.69) is 19.1 Å². The Bertz CT molecular complexity index is 378. The summed E-state index contributed by atoms with van der Waals surface area (Å²) in [5.41, 5.74) is 8.08. The summed E-state index contributed by atoms with van der Waals surface area (Å²) in [6.45, 7) is 2.16. The standard InChI is InChI=1S/C15H21NO/c1-2-3-11-4-6-13(7-5-11)15(17)10-14(16)12-8-9-12/h4-7,12,14H,2-3,8-10,16H2,1H3. The Labute approximate surface area is 103 Å². The van der Waals surface area contributed by atoms with Gasteiger partial charge in [-0.3, -0.25) is 4.79 Å². The predicted molar refractivity (Wildman–Crippen MR) is 70.1 cm³/mol. The van der Waals surface area contributed by atoms with E-state index in [-0.39, 0.29) is 11.8 Å². The lowest BCUT2D eigenvalue weighted by Crippen LogP contribution is -2.25. The summed E-state index contributed by atoms with van der Waals surface area (Å²) in [6.07, 6.45) is 5.11. The summed E-state index contributed by atoms with van der Waals surface area (Å²) in [4.78, 5) is 12.0. The molecule has 1 aromatic rings. The zero-order chi connectivity index (χ0) is 12.3. The molecule has 0 saturated heterocycles. The molecule has 1 unspecified atom stereocenters. The van der Waals surface area contributed by atoms with Crippen LogP contribution in [0.5, 0.6) is 0 Å². The first kappa shape index (κ1) is 12.3. The van der Waals surface area contributed by atoms with E-state index < -0.39 is 0 Å². The van der Waals surface area contributed by atoms with Gasteiger partial charge in [-0.1, -0.05) is 37.6 Å². The first-order valence-corrected chi connectivity index (χ1v) is 6.58. The fourth-order valence-electron chi connectivity index (χ4n) is 2.17. The fourth-order valence-corrected chi connectivity index (χ4v) is 2.17. The minimum absolute atomic E-state index is 0.0674. The van der Waals surface area contributed by atoms with Crippen LogP contribution in [-0.4, -0.2) is 11.8 Å². The van der Waals surface area contributed by atoms with Gasteiger partial charge in [0, 0.05) is 18.0 Å². The lowest BCUT2D eigenvalue weighted by Gasteiger charge is -2.09. The average Bonchev–Trinajstić information content (AvgIpc) is 3.14. The third kappa shape index (κ3) is 3.40. The zero-order valence-electron chi connectivity index (χ0n) is 10.5. The Hall–Kier alpha value is -1.15. The number of carbonyl (C=O) groups excluding carboxylic acids is 1. The van der Waals surface area contributed by atoms with Crippen LogP contribution in [0.2, 0.25) is 0 Å². The molecule has 0 aromatic heterocycles. The lowest BCUT2D eigenvalue weighted by molar-refractivity contribution is 0.0971. The van der Waals surface area contributed by atoms with Gasteiger partial charge >= 0.3 is 0 Å². The fraction of sp³-hybridized carbons (Fsp3) is 0.533. The first-order valence-electron chi connectivity index (χ1n) is 6.58. The molecule has 2 heteroatoms. The van der Waals surface area contributed by atoms with Gasteiger partial charge in [0.25, 0.3) is 0 Å². The third-order valence-electron chi connectivity index (χ3n) is 3.46. The molecular formula is C15H21NO. The first-order chi connectivity index (χ1) is 8.20. The summed E-state index contributed by atoms with van der Waals surface area (Å²) in [6, 6.07) is 8.05. The van der Waals surface area contributed by atoms with Crippen molar-refractivity contribution in [2.75, 3.05) is 0 Å². The Kier molecular flexibility index (Phi) is 3.95. The number of benzene rings is 1. The summed E-state index contributed by atoms with van der Waals surface area (Å²) < 4.78 is 0. The van der Waals surface area contributed by atoms with Gasteiger partial charge in [-0.2, -0.15) is 0 Å². The van der Waals surface area contributed by atoms with Crippen LogP contribution in [0.1, 0.15) is 48.5 Å². The van der Waals surface area contributed by atoms with E-state index in [0.717, 1.165) is 18.4 Å². The molecule has 0 amide bonds. The zero-order valence-corrected chi connectivity index (χ0v) is 10.5. The van der Waals surface area contributed by atoms with E-state index in [4.69, 9.17) is 5.73 Å². The summed E-state index contributed by atoms with van der Waals surface area (Å²) in [5.74, 6) is 0.783. The van der Waals surface area contributed by atoms with Crippen LogP contribution in [0.4, 0.5) is 0 Å². The van der Waals surface area contributed by atoms with Crippen LogP contribution >= 0.6 is 0 Å². The summed E-state index contributed by atoms with van der Waals surface area (Å²) in [5, 5.41) is 0. The second-order valence-corrected chi connectivity index (χ2v) is 5.08. The van der Waals surface area contributed by atoms with Crippen molar-refractivity contribution >= 4 is 5.78 Å². The SMILES string of the molecule is CCCc1ccc(C(=O)CC(N)C2CC2)cc1. The van der Waals surface area contributed by atoms with E-state index in [0.29, 0.717) is 12.3 Å². The number of rotatable bonds is 6. The van der Waals surface area contributed by atoms with Gasteiger partial charge in [0.1, 0.15) is 0 Å². The maximum atomic E-state index is 12.0. The van der Waals surface area contributed by atoms with Crippen LogP contribution in [0.3, 0.4) is 0 Å². The van der Waals surface area contributed by atoms with Crippen molar-refractivity contribution in [2.45, 2.75) is 45.1 Å². The molecule has 1 atom stereocenters. The molecule has 2 N–H and O–H groups in total. The number of Topliss-reactive ketones (excluding diaryl/α,β-unsaturated/α-hetero) is 1. The van der Waals surface area contributed by atoms with Crippen molar-refractivity contribution in [3.63, 3.8) is 0 Å². The maximum Gasteiger partial charge on any atom is 0.164 e. The molecule has 1 aliphatic carbocycles. The maximum absolute atomic E-state index is 12.0. The summed E-state index contributed by atoms with van der Waals surface area (Å²) in [7, 11) is 0. The third-order valence-corrected chi connectivity index (χ3v) is 3.46. The van der Waals surface area contributed by atoms with E-state index in [1.807, 2.05) is 12.1 Å². The number of hydrogen-bond acceptors (Lipinski definition) is 2. The smallest absolute Gasteiger partial charge is 0.164 e. The molecule has 1 saturated carbocycles. The Morgan fingerprint density at radius 2 is 2.00 bits per heavy atom. The van der Waals surface area contributed by atoms with Crippen LogP contribution in [0.25, 0.3) is 0 Å². The molecule has 1 aromatic carbocycles. The highest BCUT2D eigenvalue weighted by atomic mass is 16.1. The highest BCUT2D eigenvalue weighted by Gasteiger charge is 2.29. The molecule has 0 heterocycles. The Balaban J connectivity index is 1.93. The van der Waals surface area contributed by atoms with E-state index >= 15 is 0 Å². The summed E-state index contributed by atoms with van der Waals surface area (Å²) >= 11 is 0. The minimum Gasteiger partial charge on any atom is -0.327 e. The van der Waals surface area contributed by atoms with Crippen molar-refractivity contribution < 1.29 is 4.79 Å². The van der Waals surface area contributed by atoms with E-state index in [1.165, 1.54) is 18.4 Å². The number of aryl methyl sites for hydroxylation is 1. The predicted octanol–water partition coefficient (Wildman–Crippen LogP) is 2.95. The van der Waals surface area contributed by atoms with Crippen molar-refractivity contribution in [3.8, 4) is 0 Å². The largest absolute Gasteiger partial charge is 0.327 e. The van der Waals surface area contributed by atoms with Crippen LogP contribution in [0.15, 0.2) is 24.3 Å². The van der Waals surface area contributed by atoms with Crippen LogP contribution < -0.4 is 5.73 Å². The molecule has 2 nitrogen and oxygen atoms in total. The Morgan fingerprint density at radius 3 is 2.53 bits per heavy atom. The van der Waals surface area contributed by atoms with Gasteiger partial charge in [0.15, 0.2) is 5.78 Å².